The number of rotatable bonds is 6. The number of benzene rings is 1. The van der Waals surface area contributed by atoms with Crippen LogP contribution < -0.4 is 25.4 Å². The zero-order valence-corrected chi connectivity index (χ0v) is 12.2. The van der Waals surface area contributed by atoms with Crippen molar-refractivity contribution in [2.24, 2.45) is 0 Å². The first-order valence-corrected chi connectivity index (χ1v) is 6.95. The zero-order chi connectivity index (χ0) is 15.9. The molecule has 0 saturated carbocycles. The van der Waals surface area contributed by atoms with Crippen molar-refractivity contribution >= 4 is 6.03 Å². The first-order valence-electron chi connectivity index (χ1n) is 6.95. The molecule has 0 radical (unpaired) electrons. The molecule has 0 spiro atoms. The minimum absolute atomic E-state index is 0.0391. The Hall–Kier alpha value is -2.09. The van der Waals surface area contributed by atoms with Gasteiger partial charge in [-0.15, -0.1) is 0 Å². The number of hydrogen-bond donors (Lipinski definition) is 3. The van der Waals surface area contributed by atoms with Gasteiger partial charge in [0.1, 0.15) is 0 Å². The summed E-state index contributed by atoms with van der Waals surface area (Å²) in [5, 5.41) is 8.72. The van der Waals surface area contributed by atoms with Crippen LogP contribution in [-0.2, 0) is 6.54 Å². The van der Waals surface area contributed by atoms with Gasteiger partial charge in [0.15, 0.2) is 11.5 Å². The van der Waals surface area contributed by atoms with E-state index in [1.165, 1.54) is 13.2 Å². The molecule has 0 aromatic heterocycles. The summed E-state index contributed by atoms with van der Waals surface area (Å²) < 4.78 is 33.8. The maximum absolute atomic E-state index is 12.2. The predicted molar refractivity (Wildman–Crippen MR) is 76.3 cm³/mol. The van der Waals surface area contributed by atoms with Gasteiger partial charge in [-0.1, -0.05) is 6.07 Å². The van der Waals surface area contributed by atoms with E-state index in [9.17, 15) is 13.6 Å². The fraction of sp³-hybridized carbons (Fsp3) is 0.500. The SMILES string of the molecule is COc1cc(CNC(=O)N[C@H]2CCNC2)ccc1OC(F)F. The van der Waals surface area contributed by atoms with Crippen LogP contribution in [0.4, 0.5) is 13.6 Å². The topological polar surface area (TPSA) is 71.6 Å². The van der Waals surface area contributed by atoms with Crippen LogP contribution >= 0.6 is 0 Å². The zero-order valence-electron chi connectivity index (χ0n) is 12.2. The fourth-order valence-corrected chi connectivity index (χ4v) is 2.21. The van der Waals surface area contributed by atoms with Crippen LogP contribution in [-0.4, -0.2) is 38.9 Å². The Labute approximate surface area is 127 Å². The molecule has 2 rings (SSSR count). The Bertz CT molecular complexity index is 508. The summed E-state index contributed by atoms with van der Waals surface area (Å²) in [5.41, 5.74) is 0.721. The number of ether oxygens (including phenoxy) is 2. The summed E-state index contributed by atoms with van der Waals surface area (Å²) in [6, 6.07) is 4.41. The number of hydrogen-bond acceptors (Lipinski definition) is 4. The first kappa shape index (κ1) is 16.3. The molecule has 0 bridgehead atoms. The summed E-state index contributed by atoms with van der Waals surface area (Å²) in [4.78, 5) is 11.7. The van der Waals surface area contributed by atoms with E-state index in [0.29, 0.717) is 0 Å². The Morgan fingerprint density at radius 3 is 2.91 bits per heavy atom. The Kier molecular flexibility index (Phi) is 5.76. The highest BCUT2D eigenvalue weighted by molar-refractivity contribution is 5.74. The molecule has 2 amide bonds. The number of carbonyl (C=O) groups excluding carboxylic acids is 1. The molecule has 1 saturated heterocycles. The molecule has 1 fully saturated rings. The summed E-state index contributed by atoms with van der Waals surface area (Å²) in [7, 11) is 1.37. The largest absolute Gasteiger partial charge is 0.493 e. The van der Waals surface area contributed by atoms with E-state index in [1.54, 1.807) is 12.1 Å². The molecule has 8 heteroatoms. The van der Waals surface area contributed by atoms with E-state index >= 15 is 0 Å². The molecule has 3 N–H and O–H groups in total. The monoisotopic (exact) mass is 315 g/mol. The lowest BCUT2D eigenvalue weighted by Gasteiger charge is -2.14. The number of urea groups is 1. The maximum atomic E-state index is 12.2. The molecule has 0 unspecified atom stereocenters. The molecule has 1 aliphatic rings. The van der Waals surface area contributed by atoms with Crippen molar-refractivity contribution < 1.29 is 23.0 Å². The van der Waals surface area contributed by atoms with Crippen molar-refractivity contribution in [3.63, 3.8) is 0 Å². The highest BCUT2D eigenvalue weighted by Gasteiger charge is 2.16. The smallest absolute Gasteiger partial charge is 0.387 e. The highest BCUT2D eigenvalue weighted by Crippen LogP contribution is 2.29. The van der Waals surface area contributed by atoms with Crippen molar-refractivity contribution in [3.8, 4) is 11.5 Å². The Morgan fingerprint density at radius 2 is 2.27 bits per heavy atom. The van der Waals surface area contributed by atoms with Gasteiger partial charge in [-0.2, -0.15) is 8.78 Å². The van der Waals surface area contributed by atoms with Gasteiger partial charge in [-0.25, -0.2) is 4.79 Å². The second-order valence-electron chi connectivity index (χ2n) is 4.88. The number of carbonyl (C=O) groups is 1. The Morgan fingerprint density at radius 1 is 1.45 bits per heavy atom. The molecule has 0 aliphatic carbocycles. The molecule has 1 heterocycles. The normalized spacial score (nSPS) is 17.4. The average molecular weight is 315 g/mol. The predicted octanol–water partition coefficient (Wildman–Crippen LogP) is 1.46. The minimum atomic E-state index is -2.91. The Balaban J connectivity index is 1.87. The van der Waals surface area contributed by atoms with Crippen LogP contribution in [0, 0.1) is 0 Å². The summed E-state index contributed by atoms with van der Waals surface area (Å²) in [6.07, 6.45) is 0.904. The molecule has 22 heavy (non-hydrogen) atoms. The highest BCUT2D eigenvalue weighted by atomic mass is 19.3. The minimum Gasteiger partial charge on any atom is -0.493 e. The average Bonchev–Trinajstić information content (AvgIpc) is 2.98. The third-order valence-corrected chi connectivity index (χ3v) is 3.29. The molecule has 6 nitrogen and oxygen atoms in total. The van der Waals surface area contributed by atoms with Crippen LogP contribution in [0.15, 0.2) is 18.2 Å². The van der Waals surface area contributed by atoms with Crippen molar-refractivity contribution in [1.82, 2.24) is 16.0 Å². The van der Waals surface area contributed by atoms with Gasteiger partial charge in [0.25, 0.3) is 0 Å². The standard InChI is InChI=1S/C14H19F2N3O3/c1-21-12-6-9(2-3-11(12)22-13(15)16)7-18-14(20)19-10-4-5-17-8-10/h2-3,6,10,13,17H,4-5,7-8H2,1H3,(H2,18,19,20)/t10-/m0/s1. The molecular weight excluding hydrogens is 296 g/mol. The second kappa shape index (κ2) is 7.79. The molecule has 1 atom stereocenters. The third kappa shape index (κ3) is 4.73. The van der Waals surface area contributed by atoms with Crippen LogP contribution in [0.5, 0.6) is 11.5 Å². The fourth-order valence-electron chi connectivity index (χ4n) is 2.21. The van der Waals surface area contributed by atoms with E-state index in [1.807, 2.05) is 0 Å². The third-order valence-electron chi connectivity index (χ3n) is 3.29. The lowest BCUT2D eigenvalue weighted by Crippen LogP contribution is -2.42. The van der Waals surface area contributed by atoms with Gasteiger partial charge in [-0.05, 0) is 30.7 Å². The van der Waals surface area contributed by atoms with E-state index < -0.39 is 6.61 Å². The molecule has 1 aromatic rings. The number of alkyl halides is 2. The molecule has 1 aliphatic heterocycles. The van der Waals surface area contributed by atoms with Crippen LogP contribution in [0.25, 0.3) is 0 Å². The van der Waals surface area contributed by atoms with Gasteiger partial charge < -0.3 is 25.4 Å². The maximum Gasteiger partial charge on any atom is 0.387 e. The quantitative estimate of drug-likeness (QED) is 0.743. The van der Waals surface area contributed by atoms with Crippen molar-refractivity contribution in [2.75, 3.05) is 20.2 Å². The van der Waals surface area contributed by atoms with Gasteiger partial charge in [-0.3, -0.25) is 0 Å². The van der Waals surface area contributed by atoms with Crippen molar-refractivity contribution in [2.45, 2.75) is 25.6 Å². The molecule has 122 valence electrons. The van der Waals surface area contributed by atoms with Crippen molar-refractivity contribution in [3.05, 3.63) is 23.8 Å². The van der Waals surface area contributed by atoms with Crippen LogP contribution in [0.1, 0.15) is 12.0 Å². The van der Waals surface area contributed by atoms with E-state index in [4.69, 9.17) is 4.74 Å². The van der Waals surface area contributed by atoms with Gasteiger partial charge in [0, 0.05) is 19.1 Å². The number of halogens is 2. The summed E-state index contributed by atoms with van der Waals surface area (Å²) in [5.74, 6) is 0.155. The van der Waals surface area contributed by atoms with Gasteiger partial charge >= 0.3 is 12.6 Å². The lowest BCUT2D eigenvalue weighted by atomic mass is 10.2. The second-order valence-corrected chi connectivity index (χ2v) is 4.88. The van der Waals surface area contributed by atoms with Crippen molar-refractivity contribution in [1.29, 1.82) is 0 Å². The number of methoxy groups -OCH3 is 1. The molecule has 1 aromatic carbocycles. The van der Waals surface area contributed by atoms with Gasteiger partial charge in [0.2, 0.25) is 0 Å². The first-order chi connectivity index (χ1) is 10.6. The van der Waals surface area contributed by atoms with E-state index in [2.05, 4.69) is 20.7 Å². The number of amides is 2. The summed E-state index contributed by atoms with van der Waals surface area (Å²) >= 11 is 0. The van der Waals surface area contributed by atoms with Crippen LogP contribution in [0.3, 0.4) is 0 Å². The summed E-state index contributed by atoms with van der Waals surface area (Å²) in [6.45, 7) is -0.991. The number of nitrogens with one attached hydrogen (secondary N) is 3. The van der Waals surface area contributed by atoms with E-state index in [-0.39, 0.29) is 30.1 Å². The molecular formula is C14H19F2N3O3. The lowest BCUT2D eigenvalue weighted by molar-refractivity contribution is -0.0512. The van der Waals surface area contributed by atoms with Crippen LogP contribution in [0.2, 0.25) is 0 Å². The van der Waals surface area contributed by atoms with Gasteiger partial charge in [0.05, 0.1) is 7.11 Å². The van der Waals surface area contributed by atoms with E-state index in [0.717, 1.165) is 25.1 Å².